The maximum absolute atomic E-state index is 5.02. The molecule has 1 atom stereocenters. The summed E-state index contributed by atoms with van der Waals surface area (Å²) in [7, 11) is 1.98. The van der Waals surface area contributed by atoms with Gasteiger partial charge in [0.15, 0.2) is 0 Å². The number of likely N-dealkylation sites (tertiary alicyclic amines) is 1. The van der Waals surface area contributed by atoms with Crippen LogP contribution in [0.5, 0.6) is 0 Å². The molecule has 0 bridgehead atoms. The van der Waals surface area contributed by atoms with Crippen LogP contribution in [0.25, 0.3) is 0 Å². The van der Waals surface area contributed by atoms with Crippen LogP contribution in [0.15, 0.2) is 54.9 Å². The van der Waals surface area contributed by atoms with Crippen molar-refractivity contribution >= 4 is 0 Å². The maximum Gasteiger partial charge on any atom is 0.0534 e. The van der Waals surface area contributed by atoms with Crippen molar-refractivity contribution in [2.45, 2.75) is 38.6 Å². The summed E-state index contributed by atoms with van der Waals surface area (Å²) in [6.07, 6.45) is 7.45. The van der Waals surface area contributed by atoms with Crippen molar-refractivity contribution in [2.24, 2.45) is 7.05 Å². The third kappa shape index (κ3) is 4.64. The van der Waals surface area contributed by atoms with Gasteiger partial charge in [-0.2, -0.15) is 5.10 Å². The van der Waals surface area contributed by atoms with Crippen LogP contribution in [0.3, 0.4) is 0 Å². The Balaban J connectivity index is 1.44. The van der Waals surface area contributed by atoms with Crippen LogP contribution in [0.4, 0.5) is 0 Å². The van der Waals surface area contributed by atoms with Crippen molar-refractivity contribution in [3.63, 3.8) is 0 Å². The Bertz CT molecular complexity index is 899. The van der Waals surface area contributed by atoms with Gasteiger partial charge in [-0.25, -0.2) is 0 Å². The minimum atomic E-state index is 0.521. The molecule has 1 aromatic carbocycles. The summed E-state index contributed by atoms with van der Waals surface area (Å²) in [6, 6.07) is 15.3. The number of hydrogen-bond acceptors (Lipinski definition) is 3. The highest BCUT2D eigenvalue weighted by atomic mass is 15.2. The van der Waals surface area contributed by atoms with Crippen LogP contribution in [-0.2, 0) is 20.0 Å². The van der Waals surface area contributed by atoms with E-state index in [1.807, 2.05) is 17.9 Å². The Hall–Kier alpha value is -2.46. The highest BCUT2D eigenvalue weighted by Gasteiger charge is 2.22. The molecule has 0 amide bonds. The number of nitrogens with zero attached hydrogens (tertiary/aromatic N) is 4. The molecular formula is C23H28N4. The molecular weight excluding hydrogens is 332 g/mol. The first kappa shape index (κ1) is 17.9. The molecule has 0 unspecified atom stereocenters. The Kier molecular flexibility index (Phi) is 5.35. The largest absolute Gasteiger partial charge is 0.298 e. The second kappa shape index (κ2) is 8.05. The fourth-order valence-electron chi connectivity index (χ4n) is 4.11. The molecule has 0 aliphatic carbocycles. The summed E-state index contributed by atoms with van der Waals surface area (Å²) in [5.74, 6) is 0.521. The SMILES string of the molecule is Cc1cccc(Cc2cccc([C@@H]3CCCN(Cc4cnn(C)c4)C3)n2)c1. The zero-order valence-corrected chi connectivity index (χ0v) is 16.3. The first-order chi connectivity index (χ1) is 13.2. The van der Waals surface area contributed by atoms with E-state index in [2.05, 4.69) is 65.6 Å². The number of aromatic nitrogens is 3. The summed E-state index contributed by atoms with van der Waals surface area (Å²) in [4.78, 5) is 7.57. The predicted molar refractivity (Wildman–Crippen MR) is 109 cm³/mol. The molecule has 0 spiro atoms. The minimum Gasteiger partial charge on any atom is -0.298 e. The van der Waals surface area contributed by atoms with Gasteiger partial charge in [0.1, 0.15) is 0 Å². The molecule has 2 aromatic heterocycles. The van der Waals surface area contributed by atoms with Crippen molar-refractivity contribution in [3.8, 4) is 0 Å². The first-order valence-corrected chi connectivity index (χ1v) is 9.87. The molecule has 1 aliphatic rings. The third-order valence-electron chi connectivity index (χ3n) is 5.38. The van der Waals surface area contributed by atoms with E-state index in [0.29, 0.717) is 5.92 Å². The van der Waals surface area contributed by atoms with Crippen LogP contribution in [0.2, 0.25) is 0 Å². The molecule has 3 aromatic rings. The monoisotopic (exact) mass is 360 g/mol. The summed E-state index contributed by atoms with van der Waals surface area (Å²) in [5, 5.41) is 4.29. The van der Waals surface area contributed by atoms with E-state index >= 15 is 0 Å². The van der Waals surface area contributed by atoms with Crippen molar-refractivity contribution in [1.29, 1.82) is 0 Å². The fourth-order valence-corrected chi connectivity index (χ4v) is 4.11. The van der Waals surface area contributed by atoms with Crippen molar-refractivity contribution in [1.82, 2.24) is 19.7 Å². The van der Waals surface area contributed by atoms with Gasteiger partial charge in [-0.05, 0) is 44.0 Å². The zero-order chi connectivity index (χ0) is 18.6. The minimum absolute atomic E-state index is 0.521. The molecule has 27 heavy (non-hydrogen) atoms. The molecule has 1 aliphatic heterocycles. The quantitative estimate of drug-likeness (QED) is 0.687. The maximum atomic E-state index is 5.02. The van der Waals surface area contributed by atoms with Gasteiger partial charge >= 0.3 is 0 Å². The molecule has 140 valence electrons. The second-order valence-electron chi connectivity index (χ2n) is 7.82. The van der Waals surface area contributed by atoms with Crippen LogP contribution < -0.4 is 0 Å². The van der Waals surface area contributed by atoms with Crippen LogP contribution in [0.1, 0.15) is 46.8 Å². The number of hydrogen-bond donors (Lipinski definition) is 0. The second-order valence-corrected chi connectivity index (χ2v) is 7.82. The highest BCUT2D eigenvalue weighted by molar-refractivity contribution is 5.27. The van der Waals surface area contributed by atoms with Gasteiger partial charge in [-0.3, -0.25) is 14.6 Å². The van der Waals surface area contributed by atoms with Crippen LogP contribution >= 0.6 is 0 Å². The average molecular weight is 361 g/mol. The van der Waals surface area contributed by atoms with Crippen molar-refractivity contribution in [3.05, 3.63) is 82.9 Å². The molecule has 4 nitrogen and oxygen atoms in total. The van der Waals surface area contributed by atoms with Crippen molar-refractivity contribution in [2.75, 3.05) is 13.1 Å². The molecule has 0 N–H and O–H groups in total. The number of aryl methyl sites for hydroxylation is 2. The van der Waals surface area contributed by atoms with E-state index in [0.717, 1.165) is 26.1 Å². The third-order valence-corrected chi connectivity index (χ3v) is 5.38. The van der Waals surface area contributed by atoms with Gasteiger partial charge < -0.3 is 0 Å². The highest BCUT2D eigenvalue weighted by Crippen LogP contribution is 2.27. The smallest absolute Gasteiger partial charge is 0.0534 e. The Morgan fingerprint density at radius 1 is 1.11 bits per heavy atom. The Labute approximate surface area is 161 Å². The van der Waals surface area contributed by atoms with Gasteiger partial charge in [-0.15, -0.1) is 0 Å². The normalized spacial score (nSPS) is 17.9. The Morgan fingerprint density at radius 3 is 2.81 bits per heavy atom. The summed E-state index contributed by atoms with van der Waals surface area (Å²) < 4.78 is 1.88. The van der Waals surface area contributed by atoms with Gasteiger partial charge in [-0.1, -0.05) is 35.9 Å². The lowest BCUT2D eigenvalue weighted by Crippen LogP contribution is -2.34. The van der Waals surface area contributed by atoms with E-state index in [4.69, 9.17) is 4.98 Å². The molecule has 1 saturated heterocycles. The lowest BCUT2D eigenvalue weighted by atomic mass is 9.93. The average Bonchev–Trinajstić information content (AvgIpc) is 3.07. The van der Waals surface area contributed by atoms with Gasteiger partial charge in [0.2, 0.25) is 0 Å². The molecule has 4 heteroatoms. The van der Waals surface area contributed by atoms with Crippen molar-refractivity contribution < 1.29 is 0 Å². The number of piperidine rings is 1. The zero-order valence-electron chi connectivity index (χ0n) is 16.3. The summed E-state index contributed by atoms with van der Waals surface area (Å²) in [6.45, 7) is 5.36. The molecule has 4 rings (SSSR count). The Morgan fingerprint density at radius 2 is 2.00 bits per heavy atom. The number of rotatable bonds is 5. The van der Waals surface area contributed by atoms with Crippen LogP contribution in [-0.4, -0.2) is 32.8 Å². The summed E-state index contributed by atoms with van der Waals surface area (Å²) in [5.41, 5.74) is 6.35. The lowest BCUT2D eigenvalue weighted by Gasteiger charge is -2.32. The van der Waals surface area contributed by atoms with Gasteiger partial charge in [0.25, 0.3) is 0 Å². The molecule has 0 radical (unpaired) electrons. The fraction of sp³-hybridized carbons (Fsp3) is 0.391. The van der Waals surface area contributed by atoms with E-state index in [1.54, 1.807) is 0 Å². The van der Waals surface area contributed by atoms with E-state index in [9.17, 15) is 0 Å². The topological polar surface area (TPSA) is 34.0 Å². The number of benzene rings is 1. The van der Waals surface area contributed by atoms with E-state index < -0.39 is 0 Å². The summed E-state index contributed by atoms with van der Waals surface area (Å²) >= 11 is 0. The number of pyridine rings is 1. The van der Waals surface area contributed by atoms with Gasteiger partial charge in [0, 0.05) is 55.6 Å². The van der Waals surface area contributed by atoms with Crippen LogP contribution in [0, 0.1) is 6.92 Å². The van der Waals surface area contributed by atoms with E-state index in [1.165, 1.54) is 40.9 Å². The van der Waals surface area contributed by atoms with Gasteiger partial charge in [0.05, 0.1) is 6.20 Å². The first-order valence-electron chi connectivity index (χ1n) is 9.87. The predicted octanol–water partition coefficient (Wildman–Crippen LogP) is 4.09. The molecule has 0 saturated carbocycles. The standard InChI is InChI=1S/C23H28N4/c1-18-6-3-7-19(12-18)13-22-9-4-10-23(25-22)21-8-5-11-27(17-21)16-20-14-24-26(2)15-20/h3-4,6-7,9-10,12,14-15,21H,5,8,11,13,16-17H2,1-2H3/t21-/m1/s1. The lowest BCUT2D eigenvalue weighted by molar-refractivity contribution is 0.198. The molecule has 1 fully saturated rings. The molecule has 3 heterocycles. The van der Waals surface area contributed by atoms with E-state index in [-0.39, 0.29) is 0 Å².